The van der Waals surface area contributed by atoms with E-state index in [4.69, 9.17) is 4.74 Å². The maximum Gasteiger partial charge on any atom is 0.323 e. The number of fused-ring (bicyclic) bond motifs is 1. The molecule has 1 heterocycles. The minimum absolute atomic E-state index is 0.166. The van der Waals surface area contributed by atoms with E-state index in [0.29, 0.717) is 12.6 Å². The second kappa shape index (κ2) is 6.72. The number of imidazole rings is 1. The van der Waals surface area contributed by atoms with Crippen LogP contribution in [0.2, 0.25) is 0 Å². The predicted molar refractivity (Wildman–Crippen MR) is 81.0 cm³/mol. The molecule has 0 bridgehead atoms. The number of methoxy groups -OCH3 is 1. The lowest BCUT2D eigenvalue weighted by atomic mass is 10.1. The Bertz CT molecular complexity index is 596. The van der Waals surface area contributed by atoms with Crippen LogP contribution in [0.4, 0.5) is 0 Å². The van der Waals surface area contributed by atoms with Crippen LogP contribution in [0.25, 0.3) is 11.0 Å². The van der Waals surface area contributed by atoms with Crippen LogP contribution in [-0.4, -0.2) is 29.7 Å². The number of H-pyrrole nitrogens is 2. The van der Waals surface area contributed by atoms with Crippen molar-refractivity contribution in [1.29, 1.82) is 0 Å². The highest BCUT2D eigenvalue weighted by Gasteiger charge is 2.13. The molecule has 1 aromatic carbocycles. The molecule has 2 atom stereocenters. The van der Waals surface area contributed by atoms with Crippen molar-refractivity contribution in [2.75, 3.05) is 13.7 Å². The van der Waals surface area contributed by atoms with Gasteiger partial charge in [0.15, 0.2) is 0 Å². The molecule has 0 aliphatic rings. The van der Waals surface area contributed by atoms with Gasteiger partial charge >= 0.3 is 5.69 Å². The number of nitrogens with one attached hydrogen (secondary N) is 3. The van der Waals surface area contributed by atoms with E-state index in [0.717, 1.165) is 29.4 Å². The van der Waals surface area contributed by atoms with E-state index in [-0.39, 0.29) is 11.7 Å². The quantitative estimate of drug-likeness (QED) is 0.727. The van der Waals surface area contributed by atoms with Crippen molar-refractivity contribution < 1.29 is 4.74 Å². The maximum atomic E-state index is 11.3. The van der Waals surface area contributed by atoms with Crippen molar-refractivity contribution in [2.45, 2.75) is 38.8 Å². The number of rotatable bonds is 7. The zero-order valence-corrected chi connectivity index (χ0v) is 12.3. The van der Waals surface area contributed by atoms with E-state index in [1.54, 1.807) is 7.11 Å². The smallest absolute Gasteiger partial charge is 0.323 e. The third-order valence-electron chi connectivity index (χ3n) is 3.53. The Labute approximate surface area is 118 Å². The second-order valence-electron chi connectivity index (χ2n) is 5.21. The Hall–Kier alpha value is -1.59. The summed E-state index contributed by atoms with van der Waals surface area (Å²) in [6, 6.07) is 6.55. The van der Waals surface area contributed by atoms with Crippen LogP contribution < -0.4 is 11.0 Å². The van der Waals surface area contributed by atoms with E-state index in [1.807, 2.05) is 18.2 Å². The first kappa shape index (κ1) is 14.8. The highest BCUT2D eigenvalue weighted by Crippen LogP contribution is 2.18. The normalized spacial score (nSPS) is 14.6. The average Bonchev–Trinajstić information content (AvgIpc) is 2.78. The second-order valence-corrected chi connectivity index (χ2v) is 5.21. The Morgan fingerprint density at radius 2 is 2.05 bits per heavy atom. The lowest BCUT2D eigenvalue weighted by molar-refractivity contribution is 0.157. The molecule has 0 saturated carbocycles. The molecule has 0 aliphatic carbocycles. The average molecular weight is 277 g/mol. The van der Waals surface area contributed by atoms with Crippen LogP contribution in [-0.2, 0) is 4.74 Å². The molecule has 0 spiro atoms. The zero-order valence-electron chi connectivity index (χ0n) is 12.3. The molecule has 0 saturated heterocycles. The monoisotopic (exact) mass is 277 g/mol. The number of hydrogen-bond donors (Lipinski definition) is 3. The molecular formula is C15H23N3O2. The number of benzene rings is 1. The van der Waals surface area contributed by atoms with Crippen LogP contribution in [0.1, 0.15) is 38.3 Å². The maximum absolute atomic E-state index is 11.3. The molecule has 0 aliphatic heterocycles. The number of aromatic nitrogens is 2. The third-order valence-corrected chi connectivity index (χ3v) is 3.53. The molecule has 3 N–H and O–H groups in total. The fraction of sp³-hybridized carbons (Fsp3) is 0.533. The lowest BCUT2D eigenvalue weighted by Crippen LogP contribution is -2.35. The molecule has 2 rings (SSSR count). The van der Waals surface area contributed by atoms with E-state index < -0.39 is 0 Å². The van der Waals surface area contributed by atoms with Gasteiger partial charge in [0.2, 0.25) is 0 Å². The first-order valence-electron chi connectivity index (χ1n) is 7.11. The Morgan fingerprint density at radius 1 is 1.30 bits per heavy atom. The van der Waals surface area contributed by atoms with Crippen LogP contribution in [0.5, 0.6) is 0 Å². The fourth-order valence-electron chi connectivity index (χ4n) is 2.53. The van der Waals surface area contributed by atoms with Gasteiger partial charge in [-0.25, -0.2) is 4.79 Å². The van der Waals surface area contributed by atoms with Gasteiger partial charge in [0.1, 0.15) is 0 Å². The predicted octanol–water partition coefficient (Wildman–Crippen LogP) is 2.32. The molecule has 0 amide bonds. The van der Waals surface area contributed by atoms with Crippen LogP contribution >= 0.6 is 0 Å². The molecule has 2 unspecified atom stereocenters. The topological polar surface area (TPSA) is 69.9 Å². The SMILES string of the molecule is CCCC(COC)NC(C)c1ccc2[nH]c(=O)[nH]c2c1. The zero-order chi connectivity index (χ0) is 14.5. The van der Waals surface area contributed by atoms with Crippen molar-refractivity contribution in [3.63, 3.8) is 0 Å². The number of ether oxygens (including phenoxy) is 1. The fourth-order valence-corrected chi connectivity index (χ4v) is 2.53. The number of aromatic amines is 2. The summed E-state index contributed by atoms with van der Waals surface area (Å²) in [5, 5.41) is 3.58. The summed E-state index contributed by atoms with van der Waals surface area (Å²) in [6.07, 6.45) is 2.21. The highest BCUT2D eigenvalue weighted by atomic mass is 16.5. The molecule has 110 valence electrons. The van der Waals surface area contributed by atoms with Gasteiger partial charge < -0.3 is 20.0 Å². The van der Waals surface area contributed by atoms with Gasteiger partial charge in [-0.3, -0.25) is 0 Å². The van der Waals surface area contributed by atoms with Crippen molar-refractivity contribution in [2.24, 2.45) is 0 Å². The van der Waals surface area contributed by atoms with E-state index >= 15 is 0 Å². The first-order chi connectivity index (χ1) is 9.63. The van der Waals surface area contributed by atoms with Crippen molar-refractivity contribution in [1.82, 2.24) is 15.3 Å². The van der Waals surface area contributed by atoms with Crippen molar-refractivity contribution in [3.8, 4) is 0 Å². The Morgan fingerprint density at radius 3 is 2.75 bits per heavy atom. The van der Waals surface area contributed by atoms with E-state index in [2.05, 4.69) is 29.1 Å². The lowest BCUT2D eigenvalue weighted by Gasteiger charge is -2.22. The molecule has 5 nitrogen and oxygen atoms in total. The van der Waals surface area contributed by atoms with Gasteiger partial charge in [-0.05, 0) is 31.0 Å². The van der Waals surface area contributed by atoms with Crippen molar-refractivity contribution in [3.05, 3.63) is 34.2 Å². The Kier molecular flexibility index (Phi) is 4.98. The van der Waals surface area contributed by atoms with Crippen LogP contribution in [0.3, 0.4) is 0 Å². The standard InChI is InChI=1S/C15H23N3O2/c1-4-5-12(9-20-3)16-10(2)11-6-7-13-14(8-11)18-15(19)17-13/h6-8,10,12,16H,4-5,9H2,1-3H3,(H2,17,18,19). The van der Waals surface area contributed by atoms with Gasteiger partial charge in [-0.2, -0.15) is 0 Å². The van der Waals surface area contributed by atoms with Crippen LogP contribution in [0.15, 0.2) is 23.0 Å². The largest absolute Gasteiger partial charge is 0.383 e. The summed E-state index contributed by atoms with van der Waals surface area (Å²) in [6.45, 7) is 5.01. The van der Waals surface area contributed by atoms with Gasteiger partial charge in [0, 0.05) is 19.2 Å². The molecule has 20 heavy (non-hydrogen) atoms. The third kappa shape index (κ3) is 3.49. The highest BCUT2D eigenvalue weighted by molar-refractivity contribution is 5.75. The van der Waals surface area contributed by atoms with E-state index in [1.165, 1.54) is 0 Å². The molecule has 0 fully saturated rings. The van der Waals surface area contributed by atoms with Gasteiger partial charge in [-0.15, -0.1) is 0 Å². The molecule has 1 aromatic heterocycles. The van der Waals surface area contributed by atoms with Gasteiger partial charge in [-0.1, -0.05) is 19.4 Å². The summed E-state index contributed by atoms with van der Waals surface area (Å²) in [4.78, 5) is 16.8. The number of hydrogen-bond acceptors (Lipinski definition) is 3. The first-order valence-corrected chi connectivity index (χ1v) is 7.11. The summed E-state index contributed by atoms with van der Waals surface area (Å²) >= 11 is 0. The van der Waals surface area contributed by atoms with Crippen LogP contribution in [0, 0.1) is 0 Å². The van der Waals surface area contributed by atoms with Gasteiger partial charge in [0.05, 0.1) is 17.6 Å². The van der Waals surface area contributed by atoms with E-state index in [9.17, 15) is 4.79 Å². The summed E-state index contributed by atoms with van der Waals surface area (Å²) in [5.41, 5.74) is 2.68. The minimum Gasteiger partial charge on any atom is -0.383 e. The molecule has 0 radical (unpaired) electrons. The molecule has 5 heteroatoms. The van der Waals surface area contributed by atoms with Crippen molar-refractivity contribution >= 4 is 11.0 Å². The summed E-state index contributed by atoms with van der Waals surface area (Å²) in [5.74, 6) is 0. The summed E-state index contributed by atoms with van der Waals surface area (Å²) < 4.78 is 5.25. The molecule has 2 aromatic rings. The minimum atomic E-state index is -0.166. The molecular weight excluding hydrogens is 254 g/mol. The Balaban J connectivity index is 2.12. The summed E-state index contributed by atoms with van der Waals surface area (Å²) in [7, 11) is 1.73. The van der Waals surface area contributed by atoms with Gasteiger partial charge in [0.25, 0.3) is 0 Å².